The number of hydrogen-bond donors (Lipinski definition) is 7. The first-order valence-corrected chi connectivity index (χ1v) is 11.8. The predicted molar refractivity (Wildman–Crippen MR) is 137 cm³/mol. The highest BCUT2D eigenvalue weighted by Gasteiger charge is 2.30. The van der Waals surface area contributed by atoms with Crippen molar-refractivity contribution in [1.82, 2.24) is 16.0 Å². The second kappa shape index (κ2) is 14.8. The molecule has 0 heterocycles. The van der Waals surface area contributed by atoms with Crippen LogP contribution in [0, 0.1) is 0 Å². The number of nitrogens with two attached hydrogens (primary N) is 2. The number of benzene rings is 2. The molecule has 39 heavy (non-hydrogen) atoms. The average molecular weight is 541 g/mol. The minimum atomic E-state index is -1.57. The van der Waals surface area contributed by atoms with E-state index in [0.717, 1.165) is 0 Å². The fraction of sp³-hybridized carbons (Fsp3) is 0.308. The number of carboxylic acid groups (broad SMARTS) is 1. The third kappa shape index (κ3) is 10.6. The monoisotopic (exact) mass is 540 g/mol. The molecule has 0 saturated carbocycles. The van der Waals surface area contributed by atoms with E-state index in [2.05, 4.69) is 16.0 Å². The van der Waals surface area contributed by atoms with E-state index in [4.69, 9.17) is 16.6 Å². The molecule has 0 unspecified atom stereocenters. The molecule has 0 bridgehead atoms. The van der Waals surface area contributed by atoms with Crippen LogP contribution in [0.3, 0.4) is 0 Å². The van der Waals surface area contributed by atoms with E-state index in [0.29, 0.717) is 11.1 Å². The van der Waals surface area contributed by atoms with Crippen molar-refractivity contribution in [3.05, 3.63) is 65.7 Å². The van der Waals surface area contributed by atoms with Crippen LogP contribution in [-0.4, -0.2) is 70.3 Å². The van der Waals surface area contributed by atoms with Gasteiger partial charge in [-0.05, 0) is 29.7 Å². The first-order valence-electron chi connectivity index (χ1n) is 11.8. The molecule has 2 aromatic rings. The van der Waals surface area contributed by atoms with E-state index in [1.165, 1.54) is 18.4 Å². The smallest absolute Gasteiger partial charge is 0.305 e. The maximum atomic E-state index is 13.2. The van der Waals surface area contributed by atoms with Gasteiger partial charge in [-0.25, -0.2) is 0 Å². The van der Waals surface area contributed by atoms with E-state index >= 15 is 0 Å². The summed E-state index contributed by atoms with van der Waals surface area (Å²) in [6, 6.07) is 9.32. The van der Waals surface area contributed by atoms with Crippen molar-refractivity contribution in [2.75, 3.05) is 0 Å². The molecule has 0 saturated heterocycles. The quantitative estimate of drug-likeness (QED) is 0.138. The number of carbonyl (C=O) groups excluding carboxylic acids is 5. The fourth-order valence-corrected chi connectivity index (χ4v) is 3.57. The van der Waals surface area contributed by atoms with Gasteiger partial charge in [0.15, 0.2) is 0 Å². The number of aliphatic carboxylic acids is 1. The molecule has 4 amide bonds. The molecule has 1 radical (unpaired) electrons. The summed E-state index contributed by atoms with van der Waals surface area (Å²) in [5, 5.41) is 25.3. The van der Waals surface area contributed by atoms with Gasteiger partial charge in [0, 0.05) is 6.42 Å². The lowest BCUT2D eigenvalue weighted by atomic mass is 10.0. The van der Waals surface area contributed by atoms with Crippen LogP contribution in [0.15, 0.2) is 54.6 Å². The lowest BCUT2D eigenvalue weighted by Gasteiger charge is -2.24. The molecule has 0 spiro atoms. The highest BCUT2D eigenvalue weighted by molar-refractivity contribution is 5.96. The largest absolute Gasteiger partial charge is 0.508 e. The zero-order valence-electron chi connectivity index (χ0n) is 20.8. The topological polar surface area (TPSA) is 231 Å². The molecule has 0 aliphatic carbocycles. The van der Waals surface area contributed by atoms with Gasteiger partial charge in [0.1, 0.15) is 23.9 Å². The van der Waals surface area contributed by atoms with Gasteiger partial charge >= 0.3 is 5.97 Å². The Labute approximate surface area is 223 Å². The summed E-state index contributed by atoms with van der Waals surface area (Å²) in [5.74, 6) is -4.85. The van der Waals surface area contributed by atoms with Crippen LogP contribution in [0.4, 0.5) is 0 Å². The lowest BCUT2D eigenvalue weighted by Crippen LogP contribution is -2.58. The van der Waals surface area contributed by atoms with E-state index in [1.54, 1.807) is 42.5 Å². The summed E-state index contributed by atoms with van der Waals surface area (Å²) >= 11 is 0. The molecular formula is C26H30N5O8. The van der Waals surface area contributed by atoms with Crippen molar-refractivity contribution in [2.45, 2.75) is 49.9 Å². The van der Waals surface area contributed by atoms with Crippen molar-refractivity contribution in [1.29, 1.82) is 0 Å². The number of nitrogens with one attached hydrogen (secondary N) is 3. The SMILES string of the molecule is NC(=O)C[C@H](NC(=O)[C@H](Cc1ccccc1)NC(=O)[C@@H](N)Cc1ccc(O)cc1)C(=O)N[C@H]([C]=O)CC(=O)O. The van der Waals surface area contributed by atoms with Crippen LogP contribution >= 0.6 is 0 Å². The van der Waals surface area contributed by atoms with Crippen LogP contribution < -0.4 is 27.4 Å². The van der Waals surface area contributed by atoms with Crippen molar-refractivity contribution < 1.29 is 39.0 Å². The van der Waals surface area contributed by atoms with Crippen LogP contribution in [-0.2, 0) is 41.6 Å². The lowest BCUT2D eigenvalue weighted by molar-refractivity contribution is -0.138. The van der Waals surface area contributed by atoms with E-state index < -0.39 is 66.6 Å². The van der Waals surface area contributed by atoms with Gasteiger partial charge in [0.25, 0.3) is 0 Å². The Hall–Kier alpha value is -4.78. The highest BCUT2D eigenvalue weighted by atomic mass is 16.4. The fourth-order valence-electron chi connectivity index (χ4n) is 3.57. The maximum absolute atomic E-state index is 13.2. The van der Waals surface area contributed by atoms with Gasteiger partial charge in [-0.15, -0.1) is 0 Å². The molecule has 207 valence electrons. The van der Waals surface area contributed by atoms with E-state index in [-0.39, 0.29) is 18.6 Å². The predicted octanol–water partition coefficient (Wildman–Crippen LogP) is -1.58. The van der Waals surface area contributed by atoms with Gasteiger partial charge in [-0.2, -0.15) is 0 Å². The first-order chi connectivity index (χ1) is 18.5. The molecule has 0 aromatic heterocycles. The number of amides is 4. The van der Waals surface area contributed by atoms with Gasteiger partial charge in [0.05, 0.1) is 18.9 Å². The summed E-state index contributed by atoms with van der Waals surface area (Å²) < 4.78 is 0. The molecule has 0 fully saturated rings. The van der Waals surface area contributed by atoms with Crippen LogP contribution in [0.1, 0.15) is 24.0 Å². The number of hydrogen-bond acceptors (Lipinski definition) is 8. The number of primary amides is 1. The zero-order valence-corrected chi connectivity index (χ0v) is 20.8. The Morgan fingerprint density at radius 1 is 0.769 bits per heavy atom. The average Bonchev–Trinajstić information content (AvgIpc) is 2.88. The molecular weight excluding hydrogens is 510 g/mol. The normalized spacial score (nSPS) is 13.7. The number of phenols is 1. The summed E-state index contributed by atoms with van der Waals surface area (Å²) in [5.41, 5.74) is 12.6. The van der Waals surface area contributed by atoms with Crippen LogP contribution in [0.2, 0.25) is 0 Å². The maximum Gasteiger partial charge on any atom is 0.305 e. The Bertz CT molecular complexity index is 1170. The van der Waals surface area contributed by atoms with Gasteiger partial charge < -0.3 is 37.6 Å². The summed E-state index contributed by atoms with van der Waals surface area (Å²) in [6.07, 6.45) is 0.0383. The minimum absolute atomic E-state index is 0.000984. The third-order valence-corrected chi connectivity index (χ3v) is 5.52. The molecule has 13 nitrogen and oxygen atoms in total. The Morgan fingerprint density at radius 2 is 1.33 bits per heavy atom. The first kappa shape index (κ1) is 30.4. The molecule has 4 atom stereocenters. The Kier molecular flexibility index (Phi) is 11.6. The molecule has 13 heteroatoms. The number of aromatic hydroxyl groups is 1. The van der Waals surface area contributed by atoms with Crippen molar-refractivity contribution >= 4 is 35.9 Å². The van der Waals surface area contributed by atoms with Gasteiger partial charge in [-0.3, -0.25) is 28.8 Å². The Morgan fingerprint density at radius 3 is 1.90 bits per heavy atom. The highest BCUT2D eigenvalue weighted by Crippen LogP contribution is 2.11. The number of carbonyl (C=O) groups is 5. The standard InChI is InChI=1S/C26H30N5O8/c27-19(10-16-6-8-18(33)9-7-16)24(37)30-20(11-15-4-2-1-3-5-15)26(39)31-21(13-22(28)34)25(38)29-17(14-32)12-23(35)36/h1-9,17,19-21,33H,10-13,27H2,(H2,28,34)(H,29,38)(H,30,37)(H,31,39)(H,35,36)/t17-,19-,20-,21-/m0/s1. The summed E-state index contributed by atoms with van der Waals surface area (Å²) in [7, 11) is 0. The molecule has 0 aliphatic rings. The van der Waals surface area contributed by atoms with Crippen LogP contribution in [0.25, 0.3) is 0 Å². The molecule has 2 rings (SSSR count). The second-order valence-corrected chi connectivity index (χ2v) is 8.74. The van der Waals surface area contributed by atoms with Crippen LogP contribution in [0.5, 0.6) is 5.75 Å². The number of rotatable bonds is 15. The summed E-state index contributed by atoms with van der Waals surface area (Å²) in [6.45, 7) is 0. The molecule has 0 aliphatic heterocycles. The number of phenolic OH excluding ortho intramolecular Hbond substituents is 1. The van der Waals surface area contributed by atoms with Gasteiger partial charge in [-0.1, -0.05) is 42.5 Å². The van der Waals surface area contributed by atoms with E-state index in [1.807, 2.05) is 0 Å². The minimum Gasteiger partial charge on any atom is -0.508 e. The van der Waals surface area contributed by atoms with Crippen molar-refractivity contribution in [3.8, 4) is 5.75 Å². The third-order valence-electron chi connectivity index (χ3n) is 5.52. The number of carboxylic acids is 1. The zero-order chi connectivity index (χ0) is 28.9. The molecule has 2 aromatic carbocycles. The summed E-state index contributed by atoms with van der Waals surface area (Å²) in [4.78, 5) is 72.3. The van der Waals surface area contributed by atoms with Crippen molar-refractivity contribution in [3.63, 3.8) is 0 Å². The Balaban J connectivity index is 2.20. The van der Waals surface area contributed by atoms with E-state index in [9.17, 15) is 33.9 Å². The molecule has 9 N–H and O–H groups in total. The second-order valence-electron chi connectivity index (χ2n) is 8.74. The van der Waals surface area contributed by atoms with Crippen molar-refractivity contribution in [2.24, 2.45) is 11.5 Å². The van der Waals surface area contributed by atoms with Gasteiger partial charge in [0.2, 0.25) is 29.9 Å².